The van der Waals surface area contributed by atoms with Crippen LogP contribution in [0.2, 0.25) is 5.15 Å². The van der Waals surface area contributed by atoms with E-state index in [1.165, 1.54) is 10.8 Å². The topological polar surface area (TPSA) is 63.5 Å². The first kappa shape index (κ1) is 19.5. The minimum Gasteiger partial charge on any atom is -0.284 e. The summed E-state index contributed by atoms with van der Waals surface area (Å²) in [5.74, 6) is -0.241. The van der Waals surface area contributed by atoms with Crippen molar-refractivity contribution in [1.82, 2.24) is 9.99 Å². The molecule has 0 spiro atoms. The van der Waals surface area contributed by atoms with Gasteiger partial charge in [-0.25, -0.2) is 5.43 Å². The summed E-state index contributed by atoms with van der Waals surface area (Å²) in [4.78, 5) is 24.4. The molecule has 0 radical (unpaired) electrons. The summed E-state index contributed by atoms with van der Waals surface area (Å²) in [5.41, 5.74) is 4.31. The van der Waals surface area contributed by atoms with Gasteiger partial charge >= 0.3 is 4.87 Å². The van der Waals surface area contributed by atoms with Crippen molar-refractivity contribution < 1.29 is 4.79 Å². The second kappa shape index (κ2) is 9.12. The Bertz CT molecular complexity index is 1010. The van der Waals surface area contributed by atoms with Crippen molar-refractivity contribution in [1.29, 1.82) is 0 Å². The third kappa shape index (κ3) is 5.38. The molecule has 3 rings (SSSR count). The lowest BCUT2D eigenvalue weighted by Crippen LogP contribution is -2.19. The smallest absolute Gasteiger partial charge is 0.284 e. The van der Waals surface area contributed by atoms with Gasteiger partial charge in [0.25, 0.3) is 0 Å². The summed E-state index contributed by atoms with van der Waals surface area (Å²) in [6.07, 6.45) is 1.63. The van der Waals surface area contributed by atoms with Gasteiger partial charge in [-0.15, -0.1) is 0 Å². The maximum absolute atomic E-state index is 12.2. The summed E-state index contributed by atoms with van der Waals surface area (Å²) in [7, 11) is 0. The number of carbonyl (C=O) groups excluding carboxylic acids is 1. The summed E-state index contributed by atoms with van der Waals surface area (Å²) in [6, 6.07) is 17.0. The van der Waals surface area contributed by atoms with Crippen LogP contribution in [0, 0.1) is 0 Å². The number of thiazole rings is 1. The maximum atomic E-state index is 12.2. The number of aromatic nitrogens is 1. The minimum atomic E-state index is -0.241. The van der Waals surface area contributed by atoms with E-state index in [4.69, 9.17) is 11.6 Å². The molecular formula is C19H15BrClN3O2S. The molecule has 3 aromatic rings. The van der Waals surface area contributed by atoms with Crippen molar-refractivity contribution in [2.45, 2.75) is 13.0 Å². The Morgan fingerprint density at radius 3 is 2.56 bits per heavy atom. The average molecular weight is 465 g/mol. The molecule has 2 aromatic carbocycles. The first-order chi connectivity index (χ1) is 13.0. The highest BCUT2D eigenvalue weighted by molar-refractivity contribution is 9.10. The molecular weight excluding hydrogens is 450 g/mol. The third-order valence-corrected chi connectivity index (χ3v) is 5.65. The Kier molecular flexibility index (Phi) is 6.60. The third-order valence-electron chi connectivity index (χ3n) is 3.69. The number of hydrogen-bond donors (Lipinski definition) is 1. The number of benzene rings is 2. The lowest BCUT2D eigenvalue weighted by molar-refractivity contribution is -0.120. The SMILES string of the molecule is O=C(Cc1ccccc1)NN=Cc1sc(=O)n(Cc2ccc(Br)cc2)c1Cl. The number of carbonyl (C=O) groups is 1. The molecule has 0 fully saturated rings. The number of nitrogens with one attached hydrogen (secondary N) is 1. The fraction of sp³-hybridized carbons (Fsp3) is 0.105. The van der Waals surface area contributed by atoms with E-state index >= 15 is 0 Å². The van der Waals surface area contributed by atoms with E-state index < -0.39 is 0 Å². The molecule has 138 valence electrons. The van der Waals surface area contributed by atoms with E-state index in [1.807, 2.05) is 54.6 Å². The Balaban J connectivity index is 1.65. The average Bonchev–Trinajstić information content (AvgIpc) is 2.92. The quantitative estimate of drug-likeness (QED) is 0.441. The zero-order chi connectivity index (χ0) is 19.2. The molecule has 5 nitrogen and oxygen atoms in total. The fourth-order valence-corrected chi connectivity index (χ4v) is 3.74. The Labute approximate surface area is 173 Å². The molecule has 0 saturated heterocycles. The highest BCUT2D eigenvalue weighted by Crippen LogP contribution is 2.19. The molecule has 8 heteroatoms. The molecule has 0 aliphatic rings. The van der Waals surface area contributed by atoms with E-state index in [9.17, 15) is 9.59 Å². The highest BCUT2D eigenvalue weighted by Gasteiger charge is 2.12. The molecule has 1 amide bonds. The molecule has 0 bridgehead atoms. The van der Waals surface area contributed by atoms with Crippen LogP contribution >= 0.6 is 38.9 Å². The first-order valence-corrected chi connectivity index (χ1v) is 10.0. The van der Waals surface area contributed by atoms with Crippen molar-refractivity contribution in [3.8, 4) is 0 Å². The summed E-state index contributed by atoms with van der Waals surface area (Å²) in [5, 5.41) is 4.21. The van der Waals surface area contributed by atoms with Crippen LogP contribution in [0.15, 0.2) is 69.0 Å². The van der Waals surface area contributed by atoms with Gasteiger partial charge in [-0.1, -0.05) is 81.3 Å². The molecule has 0 saturated carbocycles. The summed E-state index contributed by atoms with van der Waals surface area (Å²) < 4.78 is 2.44. The van der Waals surface area contributed by atoms with Gasteiger partial charge in [0.2, 0.25) is 5.91 Å². The molecule has 1 aromatic heterocycles. The van der Waals surface area contributed by atoms with Crippen LogP contribution in [-0.2, 0) is 17.8 Å². The second-order valence-corrected chi connectivity index (χ2v) is 7.96. The van der Waals surface area contributed by atoms with Gasteiger partial charge < -0.3 is 0 Å². The van der Waals surface area contributed by atoms with E-state index in [1.54, 1.807) is 0 Å². The van der Waals surface area contributed by atoms with E-state index in [0.29, 0.717) is 16.6 Å². The van der Waals surface area contributed by atoms with Crippen LogP contribution in [0.3, 0.4) is 0 Å². The van der Waals surface area contributed by atoms with Gasteiger partial charge in [0, 0.05) is 4.47 Å². The van der Waals surface area contributed by atoms with Crippen LogP contribution in [0.25, 0.3) is 0 Å². The Hall–Kier alpha value is -2.22. The zero-order valence-corrected chi connectivity index (χ0v) is 17.2. The number of rotatable bonds is 6. The number of hydrogen-bond acceptors (Lipinski definition) is 4. The molecule has 0 aliphatic carbocycles. The molecule has 0 aliphatic heterocycles. The second-order valence-electron chi connectivity index (χ2n) is 5.69. The number of amides is 1. The van der Waals surface area contributed by atoms with Crippen molar-refractivity contribution >= 4 is 51.0 Å². The van der Waals surface area contributed by atoms with Crippen LogP contribution in [0.1, 0.15) is 16.0 Å². The lowest BCUT2D eigenvalue weighted by Gasteiger charge is -2.04. The van der Waals surface area contributed by atoms with Crippen molar-refractivity contribution in [2.75, 3.05) is 0 Å². The normalized spacial score (nSPS) is 11.0. The summed E-state index contributed by atoms with van der Waals surface area (Å²) in [6.45, 7) is 0.371. The van der Waals surface area contributed by atoms with Gasteiger partial charge in [-0.2, -0.15) is 5.10 Å². The van der Waals surface area contributed by atoms with Crippen LogP contribution in [0.5, 0.6) is 0 Å². The fourth-order valence-electron chi connectivity index (χ4n) is 2.37. The molecule has 27 heavy (non-hydrogen) atoms. The van der Waals surface area contributed by atoms with Crippen molar-refractivity contribution in [3.63, 3.8) is 0 Å². The number of halogens is 2. The van der Waals surface area contributed by atoms with E-state index in [0.717, 1.165) is 26.9 Å². The minimum absolute atomic E-state index is 0.181. The van der Waals surface area contributed by atoms with E-state index in [-0.39, 0.29) is 17.2 Å². The monoisotopic (exact) mass is 463 g/mol. The van der Waals surface area contributed by atoms with E-state index in [2.05, 4.69) is 26.5 Å². The predicted octanol–water partition coefficient (Wildman–Crippen LogP) is 4.07. The highest BCUT2D eigenvalue weighted by atomic mass is 79.9. The largest absolute Gasteiger partial charge is 0.309 e. The summed E-state index contributed by atoms with van der Waals surface area (Å²) >= 11 is 10.7. The number of hydrazone groups is 1. The predicted molar refractivity (Wildman–Crippen MR) is 113 cm³/mol. The van der Waals surface area contributed by atoms with Crippen LogP contribution in [0.4, 0.5) is 0 Å². The molecule has 1 N–H and O–H groups in total. The maximum Gasteiger partial charge on any atom is 0.309 e. The molecule has 1 heterocycles. The van der Waals surface area contributed by atoms with Gasteiger partial charge in [0.15, 0.2) is 0 Å². The Morgan fingerprint density at radius 2 is 1.85 bits per heavy atom. The Morgan fingerprint density at radius 1 is 1.15 bits per heavy atom. The lowest BCUT2D eigenvalue weighted by atomic mass is 10.1. The molecule has 0 unspecified atom stereocenters. The van der Waals surface area contributed by atoms with Gasteiger partial charge in [-0.05, 0) is 23.3 Å². The first-order valence-electron chi connectivity index (χ1n) is 8.02. The van der Waals surface area contributed by atoms with Crippen molar-refractivity contribution in [2.24, 2.45) is 5.10 Å². The van der Waals surface area contributed by atoms with Gasteiger partial charge in [0.1, 0.15) is 5.15 Å². The van der Waals surface area contributed by atoms with Gasteiger partial charge in [0.05, 0.1) is 24.1 Å². The number of nitrogens with zero attached hydrogens (tertiary/aromatic N) is 2. The van der Waals surface area contributed by atoms with Crippen molar-refractivity contribution in [3.05, 3.63) is 89.9 Å². The zero-order valence-electron chi connectivity index (χ0n) is 14.1. The van der Waals surface area contributed by atoms with Gasteiger partial charge in [-0.3, -0.25) is 14.2 Å². The van der Waals surface area contributed by atoms with Crippen LogP contribution in [-0.4, -0.2) is 16.7 Å². The van der Waals surface area contributed by atoms with Crippen LogP contribution < -0.4 is 10.3 Å². The molecule has 0 atom stereocenters. The standard InChI is InChI=1S/C19H15BrClN3O2S/c20-15-8-6-14(7-9-15)12-24-18(21)16(27-19(24)26)11-22-23-17(25)10-13-4-2-1-3-5-13/h1-9,11H,10,12H2,(H,23,25).